The lowest BCUT2D eigenvalue weighted by atomic mass is 10.1. The fraction of sp³-hybridized carbons (Fsp3) is 0.0385. The summed E-state index contributed by atoms with van der Waals surface area (Å²) in [5.41, 5.74) is 2.36. The number of halogens is 2. The van der Waals surface area contributed by atoms with Gasteiger partial charge in [0.1, 0.15) is 10.6 Å². The Morgan fingerprint density at radius 1 is 1.12 bits per heavy atom. The zero-order chi connectivity index (χ0) is 23.8. The van der Waals surface area contributed by atoms with Crippen molar-refractivity contribution >= 4 is 72.9 Å². The monoisotopic (exact) mass is 551 g/mol. The largest absolute Gasteiger partial charge is 0.422 e. The van der Waals surface area contributed by atoms with Crippen LogP contribution < -0.4 is 4.74 Å². The zero-order valence-electron chi connectivity index (χ0n) is 17.7. The minimum absolute atomic E-state index is 0.116. The van der Waals surface area contributed by atoms with Crippen molar-refractivity contribution < 1.29 is 19.1 Å². The van der Waals surface area contributed by atoms with Gasteiger partial charge < -0.3 is 9.47 Å². The first-order valence-electron chi connectivity index (χ1n) is 10.2. The second-order valence-electron chi connectivity index (χ2n) is 7.52. The summed E-state index contributed by atoms with van der Waals surface area (Å²) >= 11 is 11.1. The third kappa shape index (κ3) is 4.42. The molecule has 4 aromatic rings. The van der Waals surface area contributed by atoms with Gasteiger partial charge in [-0.3, -0.25) is 0 Å². The van der Waals surface area contributed by atoms with E-state index in [1.807, 2.05) is 49.4 Å². The summed E-state index contributed by atoms with van der Waals surface area (Å²) in [6.07, 6.45) is 1.54. The molecule has 3 aromatic carbocycles. The van der Waals surface area contributed by atoms with E-state index in [0.717, 1.165) is 20.1 Å². The Balaban J connectivity index is 1.45. The van der Waals surface area contributed by atoms with Crippen LogP contribution in [-0.2, 0) is 9.53 Å². The van der Waals surface area contributed by atoms with Gasteiger partial charge in [-0.25, -0.2) is 14.6 Å². The van der Waals surface area contributed by atoms with Gasteiger partial charge >= 0.3 is 11.9 Å². The standard InChI is InChI=1S/C26H15BrClNO4S/c1-14-5-4-7-16(11-14)24-29-19(25(30)33-24)12-15-6-2-3-8-20(15)32-26(31)23-22(28)18-10-9-17(27)13-21(18)34-23/h2-13H,1H3/b19-12+. The Labute approximate surface area is 212 Å². The molecule has 5 rings (SSSR count). The van der Waals surface area contributed by atoms with E-state index < -0.39 is 11.9 Å². The Morgan fingerprint density at radius 2 is 1.94 bits per heavy atom. The van der Waals surface area contributed by atoms with E-state index in [1.54, 1.807) is 24.3 Å². The van der Waals surface area contributed by atoms with E-state index in [1.165, 1.54) is 17.4 Å². The summed E-state index contributed by atoms with van der Waals surface area (Å²) in [4.78, 5) is 30.1. The lowest BCUT2D eigenvalue weighted by Crippen LogP contribution is -2.08. The molecule has 0 saturated carbocycles. The molecule has 0 amide bonds. The van der Waals surface area contributed by atoms with Gasteiger partial charge in [-0.15, -0.1) is 11.3 Å². The highest BCUT2D eigenvalue weighted by molar-refractivity contribution is 9.10. The number of carbonyl (C=O) groups is 2. The van der Waals surface area contributed by atoms with Crippen molar-refractivity contribution in [3.8, 4) is 5.75 Å². The van der Waals surface area contributed by atoms with Gasteiger partial charge in [0.25, 0.3) is 0 Å². The minimum Gasteiger partial charge on any atom is -0.422 e. The van der Waals surface area contributed by atoms with Crippen LogP contribution in [0.3, 0.4) is 0 Å². The van der Waals surface area contributed by atoms with Crippen LogP contribution in [-0.4, -0.2) is 17.8 Å². The number of benzene rings is 3. The number of fused-ring (bicyclic) bond motifs is 1. The lowest BCUT2D eigenvalue weighted by Gasteiger charge is -2.07. The first-order chi connectivity index (χ1) is 16.4. The summed E-state index contributed by atoms with van der Waals surface area (Å²) in [7, 11) is 0. The number of cyclic esters (lactones) is 1. The third-order valence-corrected chi connectivity index (χ3v) is 7.21. The number of para-hydroxylation sites is 1. The Bertz CT molecular complexity index is 1540. The molecule has 0 radical (unpaired) electrons. The van der Waals surface area contributed by atoms with Gasteiger partial charge in [-0.05, 0) is 43.3 Å². The molecule has 168 valence electrons. The number of esters is 2. The van der Waals surface area contributed by atoms with Crippen LogP contribution in [0.25, 0.3) is 16.2 Å². The van der Waals surface area contributed by atoms with E-state index in [-0.39, 0.29) is 17.3 Å². The van der Waals surface area contributed by atoms with E-state index in [4.69, 9.17) is 21.1 Å². The molecular weight excluding hydrogens is 538 g/mol. The first kappa shape index (κ1) is 22.5. The molecule has 2 heterocycles. The van der Waals surface area contributed by atoms with Crippen molar-refractivity contribution in [3.05, 3.63) is 103 Å². The van der Waals surface area contributed by atoms with Crippen LogP contribution in [0.15, 0.2) is 81.9 Å². The average Bonchev–Trinajstić information content (AvgIpc) is 3.34. The first-order valence-corrected chi connectivity index (χ1v) is 12.2. The minimum atomic E-state index is -0.578. The normalized spacial score (nSPS) is 14.4. The molecule has 0 N–H and O–H groups in total. The molecule has 0 fully saturated rings. The highest BCUT2D eigenvalue weighted by atomic mass is 79.9. The molecule has 0 spiro atoms. The molecule has 34 heavy (non-hydrogen) atoms. The topological polar surface area (TPSA) is 65.0 Å². The number of thiophene rings is 1. The van der Waals surface area contributed by atoms with Crippen LogP contribution >= 0.6 is 38.9 Å². The number of hydrogen-bond acceptors (Lipinski definition) is 6. The zero-order valence-corrected chi connectivity index (χ0v) is 20.8. The SMILES string of the molecule is Cc1cccc(C2=N/C(=C/c3ccccc3OC(=O)c3sc4cc(Br)ccc4c3Cl)C(=O)O2)c1. The molecule has 5 nitrogen and oxygen atoms in total. The molecule has 0 saturated heterocycles. The fourth-order valence-corrected chi connectivity index (χ4v) is 5.40. The summed E-state index contributed by atoms with van der Waals surface area (Å²) in [6.45, 7) is 1.95. The van der Waals surface area contributed by atoms with Crippen LogP contribution in [0, 0.1) is 6.92 Å². The Hall–Kier alpha value is -3.26. The summed E-state index contributed by atoms with van der Waals surface area (Å²) in [5, 5.41) is 1.13. The van der Waals surface area contributed by atoms with Crippen molar-refractivity contribution in [2.75, 3.05) is 0 Å². The molecule has 0 bridgehead atoms. The summed E-state index contributed by atoms with van der Waals surface area (Å²) in [5.74, 6) is -0.638. The molecule has 1 aliphatic rings. The van der Waals surface area contributed by atoms with Gasteiger partial charge in [-0.1, -0.05) is 69.5 Å². The Morgan fingerprint density at radius 3 is 2.76 bits per heavy atom. The van der Waals surface area contributed by atoms with Gasteiger partial charge in [0.15, 0.2) is 5.70 Å². The van der Waals surface area contributed by atoms with Crippen molar-refractivity contribution in [2.45, 2.75) is 6.92 Å². The highest BCUT2D eigenvalue weighted by Gasteiger charge is 2.25. The van der Waals surface area contributed by atoms with E-state index in [9.17, 15) is 9.59 Å². The molecular formula is C26H15BrClNO4S. The van der Waals surface area contributed by atoms with Crippen LogP contribution in [0.4, 0.5) is 0 Å². The molecule has 1 aromatic heterocycles. The molecule has 1 aliphatic heterocycles. The third-order valence-electron chi connectivity index (χ3n) is 5.08. The number of carbonyl (C=O) groups excluding carboxylic acids is 2. The maximum absolute atomic E-state index is 13.0. The van der Waals surface area contributed by atoms with E-state index in [2.05, 4.69) is 20.9 Å². The van der Waals surface area contributed by atoms with Crippen molar-refractivity contribution in [3.63, 3.8) is 0 Å². The average molecular weight is 553 g/mol. The van der Waals surface area contributed by atoms with Gasteiger partial charge in [-0.2, -0.15) is 0 Å². The molecule has 0 unspecified atom stereocenters. The number of nitrogens with zero attached hydrogens (tertiary/aromatic N) is 1. The highest BCUT2D eigenvalue weighted by Crippen LogP contribution is 2.37. The van der Waals surface area contributed by atoms with Crippen molar-refractivity contribution in [2.24, 2.45) is 4.99 Å². The van der Waals surface area contributed by atoms with Crippen LogP contribution in [0.5, 0.6) is 5.75 Å². The maximum Gasteiger partial charge on any atom is 0.363 e. The van der Waals surface area contributed by atoms with Gasteiger partial charge in [0.2, 0.25) is 5.90 Å². The van der Waals surface area contributed by atoms with Crippen molar-refractivity contribution in [1.29, 1.82) is 0 Å². The molecule has 8 heteroatoms. The molecule has 0 aliphatic carbocycles. The lowest BCUT2D eigenvalue weighted by molar-refractivity contribution is -0.129. The number of aryl methyl sites for hydroxylation is 1. The fourth-order valence-electron chi connectivity index (χ4n) is 3.47. The maximum atomic E-state index is 13.0. The number of rotatable bonds is 4. The number of ether oxygens (including phenoxy) is 2. The predicted molar refractivity (Wildman–Crippen MR) is 138 cm³/mol. The number of aliphatic imine (C=N–C) groups is 1. The summed E-state index contributed by atoms with van der Waals surface area (Å²) < 4.78 is 12.8. The molecule has 0 atom stereocenters. The smallest absolute Gasteiger partial charge is 0.363 e. The predicted octanol–water partition coefficient (Wildman–Crippen LogP) is 7.19. The van der Waals surface area contributed by atoms with E-state index in [0.29, 0.717) is 21.0 Å². The quantitative estimate of drug-likeness (QED) is 0.153. The van der Waals surface area contributed by atoms with Gasteiger partial charge in [0.05, 0.1) is 5.02 Å². The van der Waals surface area contributed by atoms with Crippen LogP contribution in [0.1, 0.15) is 26.4 Å². The second kappa shape index (κ2) is 9.18. The second-order valence-corrected chi connectivity index (χ2v) is 9.86. The van der Waals surface area contributed by atoms with Gasteiger partial charge in [0, 0.05) is 25.7 Å². The van der Waals surface area contributed by atoms with Crippen molar-refractivity contribution in [1.82, 2.24) is 0 Å². The summed E-state index contributed by atoms with van der Waals surface area (Å²) in [6, 6.07) is 20.0. The van der Waals surface area contributed by atoms with E-state index >= 15 is 0 Å². The number of hydrogen-bond donors (Lipinski definition) is 0. The Kier molecular flexibility index (Phi) is 6.08. The van der Waals surface area contributed by atoms with Crippen LogP contribution in [0.2, 0.25) is 5.02 Å².